The standard InChI is InChI=1S/C17H18Cl2O2S.C17H18N2O.C17H20O3S.C16H23NO.C13H20O2/c1-17(2,3)13-9-7-12(8-10-13)11-22(20,21)15-6-4-5-14(18)16(15)19;1-17(2,3)12-8-10-13(11-9-12)18-16-19-14-6-4-5-7-15(14)20-16;1-17(2,3)13-8-10-14(11-9-13)20-15-6-5-7-16(12-15)21(4,18)19;1-16(2,3)14-9-7-13(8-10-14)15(18)17-11-5-4-6-12-17;1-13(2,3)11-5-7-12(8-6-11)15-10-9-14-4/h4-10H,11H2,1-3H3;4-11H,1-3H3,(H,18,19);5-12H,1-4H3;7-10H,4-6,11-12H2,1-3H3;5-8H,9-10H2,1-4H3. The van der Waals surface area contributed by atoms with Crippen LogP contribution in [0.25, 0.3) is 11.1 Å². The molecule has 1 aliphatic rings. The van der Waals surface area contributed by atoms with Crippen LogP contribution in [0, 0.1) is 0 Å². The van der Waals surface area contributed by atoms with Crippen molar-refractivity contribution in [2.75, 3.05) is 45.0 Å². The number of hydrogen-bond donors (Lipinski definition) is 1. The number of halogens is 2. The van der Waals surface area contributed by atoms with E-state index in [0.717, 1.165) is 65.2 Å². The maximum atomic E-state index is 12.5. The summed E-state index contributed by atoms with van der Waals surface area (Å²) in [6.07, 6.45) is 4.73. The molecule has 2 heterocycles. The minimum Gasteiger partial charge on any atom is -0.491 e. The second-order valence-electron chi connectivity index (χ2n) is 29.1. The Kier molecular flexibility index (Phi) is 27.2. The summed E-state index contributed by atoms with van der Waals surface area (Å²) in [4.78, 5) is 19.0. The van der Waals surface area contributed by atoms with Crippen LogP contribution in [-0.4, -0.2) is 72.3 Å². The van der Waals surface area contributed by atoms with E-state index < -0.39 is 19.7 Å². The summed E-state index contributed by atoms with van der Waals surface area (Å²) in [7, 11) is -5.08. The summed E-state index contributed by atoms with van der Waals surface area (Å²) in [5, 5.41) is 3.51. The SMILES string of the molecule is CC(C)(C)c1ccc(C(=O)N2CCCCC2)cc1.CC(C)(C)c1ccc(CS(=O)(=O)c2cccc(Cl)c2Cl)cc1.CC(C)(C)c1ccc(Nc2nc3ccccc3o2)cc1.CC(C)(C)c1ccc(Oc2cccc(S(C)(=O)=O)c2)cc1.COCCOc1ccc(C(C)(C)C)cc1. The van der Waals surface area contributed by atoms with E-state index >= 15 is 0 Å². The van der Waals surface area contributed by atoms with Gasteiger partial charge in [-0.25, -0.2) is 16.8 Å². The van der Waals surface area contributed by atoms with Gasteiger partial charge in [-0.3, -0.25) is 4.79 Å². The molecule has 0 radical (unpaired) electrons. The monoisotopic (exact) mass is 1380 g/mol. The van der Waals surface area contributed by atoms with Crippen LogP contribution < -0.4 is 14.8 Å². The molecule has 0 atom stereocenters. The van der Waals surface area contributed by atoms with Gasteiger partial charge in [0.25, 0.3) is 11.9 Å². The number of sulfone groups is 2. The van der Waals surface area contributed by atoms with Gasteiger partial charge in [0.05, 0.1) is 32.2 Å². The van der Waals surface area contributed by atoms with Gasteiger partial charge in [0.15, 0.2) is 25.3 Å². The Morgan fingerprint density at radius 3 is 1.49 bits per heavy atom. The predicted octanol–water partition coefficient (Wildman–Crippen LogP) is 20.9. The largest absolute Gasteiger partial charge is 0.491 e. The van der Waals surface area contributed by atoms with Crippen LogP contribution in [0.1, 0.15) is 167 Å². The Morgan fingerprint density at radius 2 is 1.00 bits per heavy atom. The molecular weight excluding hydrogens is 1280 g/mol. The number of nitrogens with zero attached hydrogens (tertiary/aromatic N) is 2. The number of carbonyl (C=O) groups is 1. The molecule has 16 heteroatoms. The van der Waals surface area contributed by atoms with Crippen molar-refractivity contribution in [3.8, 4) is 17.2 Å². The molecule has 1 amide bonds. The molecule has 514 valence electrons. The van der Waals surface area contributed by atoms with Gasteiger partial charge >= 0.3 is 0 Å². The van der Waals surface area contributed by atoms with Crippen LogP contribution in [0.15, 0.2) is 202 Å². The number of carbonyl (C=O) groups excluding carboxylic acids is 1. The second kappa shape index (κ2) is 33.7. The molecule has 96 heavy (non-hydrogen) atoms. The summed E-state index contributed by atoms with van der Waals surface area (Å²) in [6.45, 7) is 35.6. The molecule has 0 bridgehead atoms. The van der Waals surface area contributed by atoms with E-state index in [9.17, 15) is 21.6 Å². The number of ether oxygens (including phenoxy) is 3. The fourth-order valence-corrected chi connectivity index (χ4v) is 12.7. The number of likely N-dealkylation sites (tertiary alicyclic amines) is 1. The number of anilines is 2. The molecule has 9 aromatic rings. The van der Waals surface area contributed by atoms with E-state index in [4.69, 9.17) is 41.8 Å². The highest BCUT2D eigenvalue weighted by molar-refractivity contribution is 7.91. The molecule has 1 fully saturated rings. The summed E-state index contributed by atoms with van der Waals surface area (Å²) in [5.41, 5.74) is 11.1. The normalized spacial score (nSPS) is 12.9. The smallest absolute Gasteiger partial charge is 0.300 e. The van der Waals surface area contributed by atoms with Gasteiger partial charge in [-0.15, -0.1) is 0 Å². The van der Waals surface area contributed by atoms with Gasteiger partial charge in [-0.05, 0) is 171 Å². The molecule has 0 spiro atoms. The van der Waals surface area contributed by atoms with E-state index in [-0.39, 0.29) is 58.6 Å². The van der Waals surface area contributed by atoms with Gasteiger partial charge in [0, 0.05) is 37.7 Å². The van der Waals surface area contributed by atoms with E-state index in [2.05, 4.69) is 163 Å². The van der Waals surface area contributed by atoms with Crippen molar-refractivity contribution >= 4 is 71.6 Å². The molecule has 0 saturated carbocycles. The van der Waals surface area contributed by atoms with Crippen LogP contribution in [0.2, 0.25) is 10.0 Å². The van der Waals surface area contributed by atoms with E-state index in [1.807, 2.05) is 102 Å². The minimum atomic E-state index is -3.53. The Morgan fingerprint density at radius 1 is 0.531 bits per heavy atom. The number of benzene rings is 8. The van der Waals surface area contributed by atoms with Crippen molar-refractivity contribution in [3.05, 3.63) is 237 Å². The number of para-hydroxylation sites is 2. The Bertz CT molecular complexity index is 4120. The minimum absolute atomic E-state index is 0.0354. The van der Waals surface area contributed by atoms with Crippen molar-refractivity contribution in [2.45, 2.75) is 166 Å². The summed E-state index contributed by atoms with van der Waals surface area (Å²) >= 11 is 11.9. The van der Waals surface area contributed by atoms with E-state index in [1.54, 1.807) is 37.4 Å². The van der Waals surface area contributed by atoms with Crippen LogP contribution in [0.3, 0.4) is 0 Å². The van der Waals surface area contributed by atoms with Crippen LogP contribution >= 0.6 is 23.2 Å². The van der Waals surface area contributed by atoms with Crippen LogP contribution in [0.5, 0.6) is 17.2 Å². The quantitative estimate of drug-likeness (QED) is 0.110. The van der Waals surface area contributed by atoms with Crippen molar-refractivity contribution in [3.63, 3.8) is 0 Å². The van der Waals surface area contributed by atoms with Crippen LogP contribution in [-0.2, 0) is 57.2 Å². The molecule has 0 aliphatic carbocycles. The van der Waals surface area contributed by atoms with Crippen molar-refractivity contribution in [1.82, 2.24) is 9.88 Å². The second-order valence-corrected chi connectivity index (χ2v) is 33.9. The lowest BCUT2D eigenvalue weighted by molar-refractivity contribution is 0.0724. The Labute approximate surface area is 583 Å². The highest BCUT2D eigenvalue weighted by Crippen LogP contribution is 2.34. The lowest BCUT2D eigenvalue weighted by atomic mass is 9.86. The lowest BCUT2D eigenvalue weighted by Gasteiger charge is -2.27. The predicted molar refractivity (Wildman–Crippen MR) is 397 cm³/mol. The molecular formula is C80H99Cl2N3O9S2. The van der Waals surface area contributed by atoms with Gasteiger partial charge in [-0.2, -0.15) is 4.98 Å². The average Bonchev–Trinajstić information content (AvgIpc) is 1.04. The average molecular weight is 1380 g/mol. The number of nitrogens with one attached hydrogen (secondary N) is 1. The number of hydrogen-bond acceptors (Lipinski definition) is 11. The molecule has 8 aromatic carbocycles. The first-order chi connectivity index (χ1) is 44.8. The Balaban J connectivity index is 0.000000191. The maximum Gasteiger partial charge on any atom is 0.300 e. The van der Waals surface area contributed by atoms with Gasteiger partial charge in [-0.1, -0.05) is 224 Å². The van der Waals surface area contributed by atoms with Crippen LogP contribution in [0.4, 0.5) is 11.7 Å². The summed E-state index contributed by atoms with van der Waals surface area (Å²) in [5.74, 6) is 2.20. The highest BCUT2D eigenvalue weighted by Gasteiger charge is 2.23. The van der Waals surface area contributed by atoms with E-state index in [1.165, 1.54) is 47.1 Å². The summed E-state index contributed by atoms with van der Waals surface area (Å²) < 4.78 is 69.9. The van der Waals surface area contributed by atoms with Gasteiger partial charge in [0.1, 0.15) is 29.4 Å². The number of fused-ring (bicyclic) bond motifs is 1. The third-order valence-electron chi connectivity index (χ3n) is 15.8. The summed E-state index contributed by atoms with van der Waals surface area (Å²) in [6, 6.07) is 59.6. The van der Waals surface area contributed by atoms with Crippen molar-refractivity contribution in [2.24, 2.45) is 0 Å². The third kappa shape index (κ3) is 24.3. The molecule has 0 unspecified atom stereocenters. The zero-order chi connectivity index (χ0) is 70.9. The highest BCUT2D eigenvalue weighted by atomic mass is 35.5. The van der Waals surface area contributed by atoms with Gasteiger partial charge < -0.3 is 28.8 Å². The third-order valence-corrected chi connectivity index (χ3v) is 19.6. The fraction of sp³-hybridized carbons (Fsp3) is 0.375. The molecule has 1 aliphatic heterocycles. The fourth-order valence-electron chi connectivity index (χ4n) is 9.84. The number of oxazole rings is 1. The van der Waals surface area contributed by atoms with E-state index in [0.29, 0.717) is 30.7 Å². The maximum absolute atomic E-state index is 12.5. The Hall–Kier alpha value is -7.46. The van der Waals surface area contributed by atoms with Crippen molar-refractivity contribution in [1.29, 1.82) is 0 Å². The number of piperidine rings is 1. The topological polar surface area (TPSA) is 154 Å². The molecule has 1 aromatic heterocycles. The molecule has 12 nitrogen and oxygen atoms in total. The molecule has 1 saturated heterocycles. The lowest BCUT2D eigenvalue weighted by Crippen LogP contribution is -2.35. The number of aromatic nitrogens is 1. The molecule has 10 rings (SSSR count). The molecule has 1 N–H and O–H groups in total. The zero-order valence-corrected chi connectivity index (χ0v) is 62.3. The first-order valence-electron chi connectivity index (χ1n) is 32.5. The first-order valence-corrected chi connectivity index (χ1v) is 36.8. The number of rotatable bonds is 13. The zero-order valence-electron chi connectivity index (χ0n) is 59.2. The van der Waals surface area contributed by atoms with Gasteiger partial charge in [0.2, 0.25) is 0 Å². The first kappa shape index (κ1) is 77.5. The number of methoxy groups -OCH3 is 1. The number of amides is 1. The van der Waals surface area contributed by atoms with Crippen molar-refractivity contribution < 1.29 is 40.3 Å².